The van der Waals surface area contributed by atoms with Crippen LogP contribution in [0, 0.1) is 6.92 Å². The normalized spacial score (nSPS) is 11.2. The van der Waals surface area contributed by atoms with Crippen LogP contribution in [-0.4, -0.2) is 44.3 Å². The van der Waals surface area contributed by atoms with E-state index in [4.69, 9.17) is 9.84 Å². The molecule has 0 aliphatic heterocycles. The van der Waals surface area contributed by atoms with E-state index in [-0.39, 0.29) is 12.2 Å². The molecule has 0 saturated heterocycles. The van der Waals surface area contributed by atoms with E-state index < -0.39 is 17.7 Å². The Balaban J connectivity index is 2.46. The van der Waals surface area contributed by atoms with Crippen molar-refractivity contribution in [2.45, 2.75) is 39.8 Å². The van der Waals surface area contributed by atoms with Crippen LogP contribution < -0.4 is 5.32 Å². The fraction of sp³-hybridized carbons (Fsp3) is 0.636. The van der Waals surface area contributed by atoms with Crippen molar-refractivity contribution in [1.82, 2.24) is 20.3 Å². The number of hydrogen-bond donors (Lipinski definition) is 2. The van der Waals surface area contributed by atoms with E-state index in [1.807, 2.05) is 0 Å². The van der Waals surface area contributed by atoms with Gasteiger partial charge in [-0.1, -0.05) is 5.21 Å². The Labute approximate surface area is 110 Å². The molecule has 1 aromatic rings. The minimum atomic E-state index is -1.12. The summed E-state index contributed by atoms with van der Waals surface area (Å²) in [5.74, 6) is -1.12. The predicted molar refractivity (Wildman–Crippen MR) is 66.0 cm³/mol. The van der Waals surface area contributed by atoms with Gasteiger partial charge in [0.1, 0.15) is 5.60 Å². The third-order valence-corrected chi connectivity index (χ3v) is 2.18. The second-order valence-corrected chi connectivity index (χ2v) is 4.98. The number of carboxylic acids is 1. The average Bonchev–Trinajstić information content (AvgIpc) is 2.57. The van der Waals surface area contributed by atoms with E-state index in [2.05, 4.69) is 15.6 Å². The van der Waals surface area contributed by atoms with Gasteiger partial charge in [0, 0.05) is 6.54 Å². The van der Waals surface area contributed by atoms with Gasteiger partial charge in [0.2, 0.25) is 0 Å². The molecule has 0 atom stereocenters. The van der Waals surface area contributed by atoms with Gasteiger partial charge in [-0.25, -0.2) is 14.3 Å². The molecule has 0 radical (unpaired) electrons. The van der Waals surface area contributed by atoms with Crippen LogP contribution in [0.2, 0.25) is 0 Å². The number of carboxylic acid groups (broad SMARTS) is 1. The molecule has 106 valence electrons. The van der Waals surface area contributed by atoms with Crippen molar-refractivity contribution in [1.29, 1.82) is 0 Å². The summed E-state index contributed by atoms with van der Waals surface area (Å²) >= 11 is 0. The minimum absolute atomic E-state index is 0.0859. The molecule has 0 saturated carbocycles. The molecule has 1 aromatic heterocycles. The molecule has 19 heavy (non-hydrogen) atoms. The Morgan fingerprint density at radius 3 is 2.53 bits per heavy atom. The van der Waals surface area contributed by atoms with E-state index >= 15 is 0 Å². The molecule has 2 N–H and O–H groups in total. The monoisotopic (exact) mass is 270 g/mol. The molecule has 1 amide bonds. The average molecular weight is 270 g/mol. The molecule has 0 fully saturated rings. The Bertz CT molecular complexity index is 476. The summed E-state index contributed by atoms with van der Waals surface area (Å²) < 4.78 is 6.48. The molecule has 0 aliphatic carbocycles. The number of carbonyl (C=O) groups is 2. The fourth-order valence-corrected chi connectivity index (χ4v) is 1.35. The second-order valence-electron chi connectivity index (χ2n) is 4.98. The highest BCUT2D eigenvalue weighted by molar-refractivity contribution is 5.86. The molecule has 8 heteroatoms. The van der Waals surface area contributed by atoms with E-state index in [0.29, 0.717) is 12.2 Å². The quantitative estimate of drug-likeness (QED) is 0.838. The topological polar surface area (TPSA) is 106 Å². The van der Waals surface area contributed by atoms with E-state index in [0.717, 1.165) is 0 Å². The summed E-state index contributed by atoms with van der Waals surface area (Å²) in [5.41, 5.74) is -0.195. The maximum absolute atomic E-state index is 11.4. The van der Waals surface area contributed by atoms with Crippen LogP contribution in [0.5, 0.6) is 0 Å². The summed E-state index contributed by atoms with van der Waals surface area (Å²) in [5, 5.41) is 18.6. The summed E-state index contributed by atoms with van der Waals surface area (Å²) in [6.45, 7) is 7.52. The maximum Gasteiger partial charge on any atom is 0.407 e. The van der Waals surface area contributed by atoms with Crippen LogP contribution in [0.15, 0.2) is 0 Å². The third-order valence-electron chi connectivity index (χ3n) is 2.18. The number of rotatable bonds is 4. The summed E-state index contributed by atoms with van der Waals surface area (Å²) in [6.07, 6.45) is -0.524. The Morgan fingerprint density at radius 2 is 2.05 bits per heavy atom. The zero-order valence-corrected chi connectivity index (χ0v) is 11.4. The van der Waals surface area contributed by atoms with Crippen LogP contribution in [0.25, 0.3) is 0 Å². The third kappa shape index (κ3) is 4.57. The Hall–Kier alpha value is -2.12. The Kier molecular flexibility index (Phi) is 4.47. The zero-order valence-electron chi connectivity index (χ0n) is 11.4. The molecule has 0 bridgehead atoms. The molecule has 1 heterocycles. The number of nitrogens with zero attached hydrogens (tertiary/aromatic N) is 3. The number of hydrogen-bond acceptors (Lipinski definition) is 5. The van der Waals surface area contributed by atoms with Gasteiger partial charge in [0.05, 0.1) is 12.2 Å². The first-order valence-electron chi connectivity index (χ1n) is 5.81. The van der Waals surface area contributed by atoms with E-state index in [1.165, 1.54) is 4.68 Å². The SMILES string of the molecule is Cc1c(C(=O)O)nnn1CCNC(=O)OC(C)(C)C. The van der Waals surface area contributed by atoms with Gasteiger partial charge < -0.3 is 15.2 Å². The van der Waals surface area contributed by atoms with Gasteiger partial charge >= 0.3 is 12.1 Å². The van der Waals surface area contributed by atoms with Gasteiger partial charge in [0.25, 0.3) is 0 Å². The van der Waals surface area contributed by atoms with Gasteiger partial charge in [-0.3, -0.25) is 0 Å². The molecule has 1 rings (SSSR count). The van der Waals surface area contributed by atoms with Crippen molar-refractivity contribution in [2.24, 2.45) is 0 Å². The summed E-state index contributed by atoms with van der Waals surface area (Å²) in [4.78, 5) is 22.1. The van der Waals surface area contributed by atoms with Crippen LogP contribution >= 0.6 is 0 Å². The van der Waals surface area contributed by atoms with Gasteiger partial charge in [-0.15, -0.1) is 5.10 Å². The Morgan fingerprint density at radius 1 is 1.42 bits per heavy atom. The van der Waals surface area contributed by atoms with Gasteiger partial charge in [0.15, 0.2) is 5.69 Å². The predicted octanol–water partition coefficient (Wildman–Crippen LogP) is 0.809. The molecule has 0 aliphatic rings. The molecular formula is C11H18N4O4. The van der Waals surface area contributed by atoms with Crippen LogP contribution in [0.3, 0.4) is 0 Å². The first-order valence-corrected chi connectivity index (χ1v) is 5.81. The number of carbonyl (C=O) groups excluding carboxylic acids is 1. The zero-order chi connectivity index (χ0) is 14.6. The largest absolute Gasteiger partial charge is 0.476 e. The molecule has 0 aromatic carbocycles. The number of alkyl carbamates (subject to hydrolysis) is 1. The van der Waals surface area contributed by atoms with Crippen molar-refractivity contribution in [3.63, 3.8) is 0 Å². The highest BCUT2D eigenvalue weighted by atomic mass is 16.6. The van der Waals surface area contributed by atoms with Gasteiger partial charge in [-0.05, 0) is 27.7 Å². The van der Waals surface area contributed by atoms with Crippen molar-refractivity contribution in [2.75, 3.05) is 6.54 Å². The lowest BCUT2D eigenvalue weighted by Gasteiger charge is -2.19. The first-order chi connectivity index (χ1) is 8.70. The smallest absolute Gasteiger partial charge is 0.407 e. The highest BCUT2D eigenvalue weighted by Crippen LogP contribution is 2.06. The standard InChI is InChI=1S/C11H18N4O4/c1-7-8(9(16)17)13-14-15(7)6-5-12-10(18)19-11(2,3)4/h5-6H2,1-4H3,(H,12,18)(H,16,17). The number of amides is 1. The number of aromatic nitrogens is 3. The van der Waals surface area contributed by atoms with E-state index in [1.54, 1.807) is 27.7 Å². The highest BCUT2D eigenvalue weighted by Gasteiger charge is 2.17. The molecule has 0 spiro atoms. The maximum atomic E-state index is 11.4. The minimum Gasteiger partial charge on any atom is -0.476 e. The fourth-order valence-electron chi connectivity index (χ4n) is 1.35. The first kappa shape index (κ1) is 14.9. The van der Waals surface area contributed by atoms with Gasteiger partial charge in [-0.2, -0.15) is 0 Å². The lowest BCUT2D eigenvalue weighted by Crippen LogP contribution is -2.34. The summed E-state index contributed by atoms with van der Waals surface area (Å²) in [6, 6.07) is 0. The van der Waals surface area contributed by atoms with Crippen molar-refractivity contribution in [3.8, 4) is 0 Å². The lowest BCUT2D eigenvalue weighted by atomic mass is 10.2. The van der Waals surface area contributed by atoms with Crippen LogP contribution in [0.4, 0.5) is 4.79 Å². The van der Waals surface area contributed by atoms with Crippen molar-refractivity contribution >= 4 is 12.1 Å². The number of nitrogens with one attached hydrogen (secondary N) is 1. The van der Waals surface area contributed by atoms with Crippen LogP contribution in [-0.2, 0) is 11.3 Å². The number of aromatic carboxylic acids is 1. The summed E-state index contributed by atoms with van der Waals surface area (Å²) in [7, 11) is 0. The number of ether oxygens (including phenoxy) is 1. The van der Waals surface area contributed by atoms with Crippen molar-refractivity contribution in [3.05, 3.63) is 11.4 Å². The molecule has 8 nitrogen and oxygen atoms in total. The van der Waals surface area contributed by atoms with Crippen LogP contribution in [0.1, 0.15) is 37.0 Å². The molecular weight excluding hydrogens is 252 g/mol. The van der Waals surface area contributed by atoms with E-state index in [9.17, 15) is 9.59 Å². The molecule has 0 unspecified atom stereocenters. The second kappa shape index (κ2) is 5.68. The van der Waals surface area contributed by atoms with Crippen molar-refractivity contribution < 1.29 is 19.4 Å². The lowest BCUT2D eigenvalue weighted by molar-refractivity contribution is 0.0524.